The Bertz CT molecular complexity index is 794. The normalized spacial score (nSPS) is 15.4. The molecule has 162 valence electrons. The zero-order valence-electron chi connectivity index (χ0n) is 17.8. The van der Waals surface area contributed by atoms with Crippen molar-refractivity contribution in [3.05, 3.63) is 53.9 Å². The fraction of sp³-hybridized carbons (Fsp3) is 0.478. The smallest absolute Gasteiger partial charge is 0.242 e. The molecule has 7 nitrogen and oxygen atoms in total. The topological polar surface area (TPSA) is 84.5 Å². The number of ether oxygens (including phenoxy) is 2. The maximum Gasteiger partial charge on any atom is 0.242 e. The molecular weight excluding hydrogens is 380 g/mol. The van der Waals surface area contributed by atoms with Crippen LogP contribution in [0, 0.1) is 5.92 Å². The van der Waals surface area contributed by atoms with Crippen LogP contribution >= 0.6 is 0 Å². The molecule has 2 aromatic rings. The van der Waals surface area contributed by atoms with Crippen LogP contribution in [0.2, 0.25) is 0 Å². The highest BCUT2D eigenvalue weighted by Gasteiger charge is 2.26. The first-order valence-electron chi connectivity index (χ1n) is 10.5. The first-order valence-corrected chi connectivity index (χ1v) is 10.5. The number of nitrogens with one attached hydrogen (secondary N) is 3. The van der Waals surface area contributed by atoms with Crippen molar-refractivity contribution < 1.29 is 14.3 Å². The lowest BCUT2D eigenvalue weighted by Crippen LogP contribution is -2.39. The van der Waals surface area contributed by atoms with Crippen molar-refractivity contribution in [2.45, 2.75) is 31.8 Å². The average molecular weight is 413 g/mol. The van der Waals surface area contributed by atoms with Crippen molar-refractivity contribution in [3.63, 3.8) is 0 Å². The number of hydrogen-bond donors (Lipinski definition) is 3. The molecule has 1 unspecified atom stereocenters. The van der Waals surface area contributed by atoms with Crippen molar-refractivity contribution >= 4 is 5.91 Å². The number of rotatable bonds is 10. The average Bonchev–Trinajstić information content (AvgIpc) is 2.81. The molecule has 1 aliphatic rings. The highest BCUT2D eigenvalue weighted by atomic mass is 16.5. The van der Waals surface area contributed by atoms with Crippen molar-refractivity contribution in [2.24, 2.45) is 5.92 Å². The standard InChI is InChI=1S/C23H32N4O3/c1-29-20-5-3-4-19(22(20)30-2)21(26-15-10-17-6-11-24-12-7-17)23(28)27-16-18-8-13-25-14-9-18/h3-5,8-9,13-14,17,21,24,26H,6-7,10-12,15-16H2,1-2H3,(H,27,28). The van der Waals surface area contributed by atoms with Gasteiger partial charge < -0.3 is 25.4 Å². The largest absolute Gasteiger partial charge is 0.493 e. The maximum atomic E-state index is 13.2. The first kappa shape index (κ1) is 22.1. The zero-order valence-corrected chi connectivity index (χ0v) is 17.8. The minimum atomic E-state index is -0.529. The van der Waals surface area contributed by atoms with Crippen LogP contribution in [0.15, 0.2) is 42.7 Å². The summed E-state index contributed by atoms with van der Waals surface area (Å²) in [4.78, 5) is 17.2. The molecule has 1 saturated heterocycles. The minimum Gasteiger partial charge on any atom is -0.493 e. The molecule has 1 aromatic carbocycles. The molecule has 0 bridgehead atoms. The van der Waals surface area contributed by atoms with Gasteiger partial charge in [-0.05, 0) is 68.6 Å². The molecule has 2 heterocycles. The SMILES string of the molecule is COc1cccc(C(NCCC2CCNCC2)C(=O)NCc2ccncc2)c1OC. The third-order valence-corrected chi connectivity index (χ3v) is 5.58. The summed E-state index contributed by atoms with van der Waals surface area (Å²) in [5.41, 5.74) is 1.78. The summed E-state index contributed by atoms with van der Waals surface area (Å²) >= 11 is 0. The number of methoxy groups -OCH3 is 2. The molecule has 0 spiro atoms. The minimum absolute atomic E-state index is 0.0938. The summed E-state index contributed by atoms with van der Waals surface area (Å²) in [5.74, 6) is 1.79. The van der Waals surface area contributed by atoms with E-state index in [-0.39, 0.29) is 5.91 Å². The number of aromatic nitrogens is 1. The lowest BCUT2D eigenvalue weighted by Gasteiger charge is -2.25. The number of hydrogen-bond acceptors (Lipinski definition) is 6. The summed E-state index contributed by atoms with van der Waals surface area (Å²) in [7, 11) is 3.20. The second kappa shape index (κ2) is 11.5. The van der Waals surface area contributed by atoms with Gasteiger partial charge in [-0.1, -0.05) is 12.1 Å². The number of nitrogens with zero attached hydrogens (tertiary/aromatic N) is 1. The Morgan fingerprint density at radius 1 is 1.17 bits per heavy atom. The number of carbonyl (C=O) groups is 1. The van der Waals surface area contributed by atoms with Gasteiger partial charge in [-0.2, -0.15) is 0 Å². The third-order valence-electron chi connectivity index (χ3n) is 5.58. The summed E-state index contributed by atoms with van der Waals surface area (Å²) < 4.78 is 11.0. The highest BCUT2D eigenvalue weighted by Crippen LogP contribution is 2.35. The van der Waals surface area contributed by atoms with Crippen LogP contribution in [0.5, 0.6) is 11.5 Å². The fourth-order valence-corrected chi connectivity index (χ4v) is 3.88. The van der Waals surface area contributed by atoms with E-state index in [9.17, 15) is 4.79 Å². The Labute approximate surface area is 178 Å². The van der Waals surface area contributed by atoms with E-state index in [1.165, 1.54) is 12.8 Å². The van der Waals surface area contributed by atoms with Crippen LogP contribution in [0.1, 0.15) is 36.4 Å². The highest BCUT2D eigenvalue weighted by molar-refractivity contribution is 5.84. The van der Waals surface area contributed by atoms with Crippen molar-refractivity contribution in [1.82, 2.24) is 20.9 Å². The van der Waals surface area contributed by atoms with Gasteiger partial charge in [-0.15, -0.1) is 0 Å². The summed E-state index contributed by atoms with van der Waals surface area (Å²) in [6, 6.07) is 8.89. The number of piperidine rings is 1. The lowest BCUT2D eigenvalue weighted by atomic mass is 9.94. The second-order valence-electron chi connectivity index (χ2n) is 7.53. The Hall–Kier alpha value is -2.64. The maximum absolute atomic E-state index is 13.2. The number of carbonyl (C=O) groups excluding carboxylic acids is 1. The van der Waals surface area contributed by atoms with Gasteiger partial charge in [0.1, 0.15) is 6.04 Å². The van der Waals surface area contributed by atoms with E-state index in [2.05, 4.69) is 20.9 Å². The molecule has 3 rings (SSSR count). The molecule has 0 radical (unpaired) electrons. The van der Waals surface area contributed by atoms with Crippen LogP contribution in [-0.2, 0) is 11.3 Å². The van der Waals surface area contributed by atoms with Crippen molar-refractivity contribution in [3.8, 4) is 11.5 Å². The Kier molecular flexibility index (Phi) is 8.47. The van der Waals surface area contributed by atoms with Crippen LogP contribution in [0.4, 0.5) is 0 Å². The summed E-state index contributed by atoms with van der Waals surface area (Å²) in [5, 5.41) is 9.90. The van der Waals surface area contributed by atoms with Gasteiger partial charge >= 0.3 is 0 Å². The van der Waals surface area contributed by atoms with Crippen LogP contribution in [0.25, 0.3) is 0 Å². The molecule has 1 aliphatic heterocycles. The molecule has 0 saturated carbocycles. The molecule has 7 heteroatoms. The van der Waals surface area contributed by atoms with E-state index in [4.69, 9.17) is 9.47 Å². The van der Waals surface area contributed by atoms with E-state index in [0.717, 1.165) is 37.2 Å². The second-order valence-corrected chi connectivity index (χ2v) is 7.53. The van der Waals surface area contributed by atoms with E-state index >= 15 is 0 Å². The molecule has 0 aliphatic carbocycles. The van der Waals surface area contributed by atoms with Gasteiger partial charge in [0, 0.05) is 24.5 Å². The van der Waals surface area contributed by atoms with E-state index in [0.29, 0.717) is 24.0 Å². The molecular formula is C23H32N4O3. The van der Waals surface area contributed by atoms with Crippen LogP contribution in [0.3, 0.4) is 0 Å². The van der Waals surface area contributed by atoms with Crippen LogP contribution in [-0.4, -0.2) is 44.7 Å². The number of para-hydroxylation sites is 1. The van der Waals surface area contributed by atoms with Gasteiger partial charge in [-0.25, -0.2) is 0 Å². The quantitative estimate of drug-likeness (QED) is 0.556. The summed E-state index contributed by atoms with van der Waals surface area (Å²) in [6.07, 6.45) is 6.86. The number of pyridine rings is 1. The van der Waals surface area contributed by atoms with Gasteiger partial charge in [0.2, 0.25) is 5.91 Å². The van der Waals surface area contributed by atoms with E-state index in [1.54, 1.807) is 26.6 Å². The van der Waals surface area contributed by atoms with Gasteiger partial charge in [-0.3, -0.25) is 9.78 Å². The zero-order chi connectivity index (χ0) is 21.2. The monoisotopic (exact) mass is 412 g/mol. The Morgan fingerprint density at radius 2 is 1.93 bits per heavy atom. The van der Waals surface area contributed by atoms with E-state index in [1.807, 2.05) is 30.3 Å². The first-order chi connectivity index (χ1) is 14.7. The van der Waals surface area contributed by atoms with Gasteiger partial charge in [0.25, 0.3) is 0 Å². The van der Waals surface area contributed by atoms with E-state index < -0.39 is 6.04 Å². The molecule has 1 aromatic heterocycles. The lowest BCUT2D eigenvalue weighted by molar-refractivity contribution is -0.123. The van der Waals surface area contributed by atoms with Gasteiger partial charge in [0.05, 0.1) is 14.2 Å². The molecule has 1 atom stereocenters. The molecule has 3 N–H and O–H groups in total. The Balaban J connectivity index is 1.73. The number of benzene rings is 1. The summed E-state index contributed by atoms with van der Waals surface area (Å²) in [6.45, 7) is 3.35. The van der Waals surface area contributed by atoms with Gasteiger partial charge in [0.15, 0.2) is 11.5 Å². The van der Waals surface area contributed by atoms with Crippen molar-refractivity contribution in [2.75, 3.05) is 33.9 Å². The predicted octanol–water partition coefficient (Wildman–Crippen LogP) is 2.44. The molecule has 30 heavy (non-hydrogen) atoms. The molecule has 1 fully saturated rings. The third kappa shape index (κ3) is 5.93. The Morgan fingerprint density at radius 3 is 2.63 bits per heavy atom. The van der Waals surface area contributed by atoms with Crippen molar-refractivity contribution in [1.29, 1.82) is 0 Å². The fourth-order valence-electron chi connectivity index (χ4n) is 3.88. The predicted molar refractivity (Wildman–Crippen MR) is 117 cm³/mol. The molecule has 1 amide bonds. The number of amides is 1. The van der Waals surface area contributed by atoms with Crippen LogP contribution < -0.4 is 25.4 Å².